The van der Waals surface area contributed by atoms with Gasteiger partial charge in [-0.15, -0.1) is 0 Å². The van der Waals surface area contributed by atoms with Crippen LogP contribution in [0.3, 0.4) is 0 Å². The summed E-state index contributed by atoms with van der Waals surface area (Å²) in [6.07, 6.45) is 6.22. The van der Waals surface area contributed by atoms with Crippen molar-refractivity contribution in [1.82, 2.24) is 50.2 Å². The van der Waals surface area contributed by atoms with Crippen LogP contribution in [-0.2, 0) is 16.1 Å². The van der Waals surface area contributed by atoms with Crippen molar-refractivity contribution < 1.29 is 18.7 Å². The Labute approximate surface area is 282 Å². The number of hydrogen-bond donors (Lipinski definition) is 4. The van der Waals surface area contributed by atoms with E-state index < -0.39 is 0 Å². The van der Waals surface area contributed by atoms with Gasteiger partial charge >= 0.3 is 0 Å². The van der Waals surface area contributed by atoms with Gasteiger partial charge in [-0.2, -0.15) is 10.1 Å². The Morgan fingerprint density at radius 2 is 1.80 bits per heavy atom. The first kappa shape index (κ1) is 33.5. The van der Waals surface area contributed by atoms with E-state index in [1.54, 1.807) is 23.1 Å². The van der Waals surface area contributed by atoms with E-state index in [2.05, 4.69) is 52.3 Å². The minimum atomic E-state index is -0.266. The Bertz CT molecular complexity index is 1880. The van der Waals surface area contributed by atoms with Crippen molar-refractivity contribution in [2.45, 2.75) is 32.7 Å². The molecule has 0 unspecified atom stereocenters. The van der Waals surface area contributed by atoms with Gasteiger partial charge in [0.05, 0.1) is 24.2 Å². The number of likely N-dealkylation sites (N-methyl/N-ethyl adjacent to an activating group) is 1. The van der Waals surface area contributed by atoms with E-state index in [0.29, 0.717) is 64.8 Å². The molecule has 1 fully saturated rings. The first-order chi connectivity index (χ1) is 23.9. The summed E-state index contributed by atoms with van der Waals surface area (Å²) in [6, 6.07) is 5.59. The quantitative estimate of drug-likeness (QED) is 0.116. The number of rotatable bonds is 15. The van der Waals surface area contributed by atoms with E-state index in [1.165, 1.54) is 6.33 Å². The lowest BCUT2D eigenvalue weighted by molar-refractivity contribution is -0.122. The highest BCUT2D eigenvalue weighted by Gasteiger charge is 2.19. The van der Waals surface area contributed by atoms with Crippen LogP contribution in [0.5, 0.6) is 0 Å². The fraction of sp³-hybridized carbons (Fsp3) is 0.438. The molecule has 17 nitrogen and oxygen atoms in total. The second kappa shape index (κ2) is 15.7. The minimum absolute atomic E-state index is 0.0937. The Hall–Kier alpha value is -5.42. The number of ether oxygens (including phenoxy) is 1. The fourth-order valence-corrected chi connectivity index (χ4v) is 5.66. The molecule has 6 N–H and O–H groups in total. The van der Waals surface area contributed by atoms with E-state index >= 15 is 0 Å². The summed E-state index contributed by atoms with van der Waals surface area (Å²) in [5, 5.41) is 11.2. The molecule has 49 heavy (non-hydrogen) atoms. The molecule has 1 saturated heterocycles. The number of carbonyl (C=O) groups is 2. The highest BCUT2D eigenvalue weighted by Crippen LogP contribution is 2.32. The van der Waals surface area contributed by atoms with Crippen LogP contribution >= 0.6 is 0 Å². The number of nitrogen functional groups attached to an aromatic ring is 2. The molecule has 6 rings (SSSR count). The number of unbranched alkanes of at least 4 members (excludes halogenated alkanes) is 1. The van der Waals surface area contributed by atoms with Gasteiger partial charge in [0.25, 0.3) is 11.9 Å². The van der Waals surface area contributed by atoms with E-state index in [4.69, 9.17) is 25.7 Å². The molecule has 4 aromatic heterocycles. The average Bonchev–Trinajstić information content (AvgIpc) is 3.69. The number of nitrogens with one attached hydrogen (secondary N) is 2. The third-order valence-corrected chi connectivity index (χ3v) is 8.36. The number of anilines is 3. The lowest BCUT2D eigenvalue weighted by Crippen LogP contribution is -2.46. The van der Waals surface area contributed by atoms with Gasteiger partial charge in [-0.25, -0.2) is 24.6 Å². The summed E-state index contributed by atoms with van der Waals surface area (Å²) in [5.41, 5.74) is 15.6. The van der Waals surface area contributed by atoms with Gasteiger partial charge in [0, 0.05) is 70.2 Å². The SMILES string of the molecule is CCN1CCN(c2ncc(C(=O)NCCOCCC(=O)NCCCCn3nc(-c4ccc5oc(N)nc5c4)c4c(N)ncnc43)cn2)CC1. The standard InChI is InChI=1S/C32H41N13O4/c1-2-43-11-13-44(14-12-43)32-37-18-22(19-38-32)30(47)36-9-16-48-15-7-25(46)35-8-3-4-10-45-29-26(28(33)39-20-40-29)27(42-45)21-5-6-24-23(17-21)41-31(34)49-24/h5-6,17-20H,2-4,7-16H2,1H3,(H2,34,41)(H,35,46)(H,36,47)(H2,33,39,40). The third-order valence-electron chi connectivity index (χ3n) is 8.36. The minimum Gasteiger partial charge on any atom is -0.424 e. The molecule has 1 aliphatic heterocycles. The van der Waals surface area contributed by atoms with Gasteiger partial charge in [-0.1, -0.05) is 6.92 Å². The Morgan fingerprint density at radius 1 is 0.980 bits per heavy atom. The van der Waals surface area contributed by atoms with Crippen LogP contribution in [0.25, 0.3) is 33.4 Å². The molecule has 0 spiro atoms. The van der Waals surface area contributed by atoms with Crippen LogP contribution in [0.1, 0.15) is 36.5 Å². The number of aromatic nitrogens is 7. The number of piperazine rings is 1. The summed E-state index contributed by atoms with van der Waals surface area (Å²) in [7, 11) is 0. The summed E-state index contributed by atoms with van der Waals surface area (Å²) in [5.74, 6) is 0.603. The van der Waals surface area contributed by atoms with Gasteiger partial charge in [-0.05, 0) is 37.6 Å². The summed E-state index contributed by atoms with van der Waals surface area (Å²) >= 11 is 0. The lowest BCUT2D eigenvalue weighted by atomic mass is 10.1. The van der Waals surface area contributed by atoms with Crippen LogP contribution < -0.4 is 27.0 Å². The van der Waals surface area contributed by atoms with E-state index in [0.717, 1.165) is 51.1 Å². The summed E-state index contributed by atoms with van der Waals surface area (Å²) in [6.45, 7) is 8.82. The number of nitrogens with two attached hydrogens (primary N) is 2. The Balaban J connectivity index is 0.868. The molecule has 1 aromatic carbocycles. The highest BCUT2D eigenvalue weighted by molar-refractivity contribution is 5.99. The maximum Gasteiger partial charge on any atom is 0.292 e. The smallest absolute Gasteiger partial charge is 0.292 e. The van der Waals surface area contributed by atoms with Gasteiger partial charge in [-0.3, -0.25) is 9.59 Å². The van der Waals surface area contributed by atoms with Crippen molar-refractivity contribution >= 4 is 51.7 Å². The number of oxazole rings is 1. The molecule has 1 aliphatic rings. The van der Waals surface area contributed by atoms with E-state index in [-0.39, 0.29) is 37.5 Å². The molecular formula is C32H41N13O4. The van der Waals surface area contributed by atoms with Gasteiger partial charge in [0.1, 0.15) is 23.4 Å². The summed E-state index contributed by atoms with van der Waals surface area (Å²) < 4.78 is 12.7. The van der Waals surface area contributed by atoms with Crippen molar-refractivity contribution in [3.63, 3.8) is 0 Å². The van der Waals surface area contributed by atoms with E-state index in [9.17, 15) is 9.59 Å². The fourth-order valence-electron chi connectivity index (χ4n) is 5.66. The van der Waals surface area contributed by atoms with Crippen LogP contribution in [0.15, 0.2) is 41.3 Å². The van der Waals surface area contributed by atoms with Crippen LogP contribution in [0.2, 0.25) is 0 Å². The third kappa shape index (κ3) is 8.18. The molecule has 0 atom stereocenters. The average molecular weight is 672 g/mol. The van der Waals surface area contributed by atoms with Gasteiger partial charge < -0.3 is 41.1 Å². The second-order valence-corrected chi connectivity index (χ2v) is 11.6. The molecule has 0 aliphatic carbocycles. The molecule has 17 heteroatoms. The number of carbonyl (C=O) groups excluding carboxylic acids is 2. The molecule has 0 radical (unpaired) electrons. The molecule has 0 bridgehead atoms. The van der Waals surface area contributed by atoms with Crippen LogP contribution in [0.4, 0.5) is 17.8 Å². The monoisotopic (exact) mass is 671 g/mol. The number of fused-ring (bicyclic) bond motifs is 2. The first-order valence-corrected chi connectivity index (χ1v) is 16.4. The predicted octanol–water partition coefficient (Wildman–Crippen LogP) is 1.46. The zero-order valence-corrected chi connectivity index (χ0v) is 27.5. The molecule has 5 aromatic rings. The number of amides is 2. The first-order valence-electron chi connectivity index (χ1n) is 16.4. The Kier molecular flexibility index (Phi) is 10.7. The van der Waals surface area contributed by atoms with Crippen molar-refractivity contribution in [3.05, 3.63) is 42.5 Å². The summed E-state index contributed by atoms with van der Waals surface area (Å²) in [4.78, 5) is 50.8. The topological polar surface area (TPSA) is 221 Å². The van der Waals surface area contributed by atoms with E-state index in [1.807, 2.05) is 12.1 Å². The second-order valence-electron chi connectivity index (χ2n) is 11.6. The zero-order chi connectivity index (χ0) is 34.2. The molecule has 5 heterocycles. The molecule has 258 valence electrons. The predicted molar refractivity (Wildman–Crippen MR) is 184 cm³/mol. The maximum absolute atomic E-state index is 12.4. The number of aryl methyl sites for hydroxylation is 1. The zero-order valence-electron chi connectivity index (χ0n) is 27.5. The maximum atomic E-state index is 12.4. The lowest BCUT2D eigenvalue weighted by Gasteiger charge is -2.33. The number of benzene rings is 1. The van der Waals surface area contributed by atoms with Gasteiger partial charge in [0.2, 0.25) is 11.9 Å². The normalized spacial score (nSPS) is 13.7. The van der Waals surface area contributed by atoms with Gasteiger partial charge in [0.15, 0.2) is 11.2 Å². The van der Waals surface area contributed by atoms with Crippen LogP contribution in [0, 0.1) is 0 Å². The highest BCUT2D eigenvalue weighted by atomic mass is 16.5. The van der Waals surface area contributed by atoms with Crippen molar-refractivity contribution in [3.8, 4) is 11.3 Å². The number of nitrogens with zero attached hydrogens (tertiary/aromatic N) is 9. The van der Waals surface area contributed by atoms with Crippen molar-refractivity contribution in [2.75, 3.05) is 75.4 Å². The Morgan fingerprint density at radius 3 is 2.59 bits per heavy atom. The molecular weight excluding hydrogens is 630 g/mol. The van der Waals surface area contributed by atoms with Crippen LogP contribution in [-0.4, -0.2) is 110 Å². The largest absolute Gasteiger partial charge is 0.424 e. The van der Waals surface area contributed by atoms with Crippen molar-refractivity contribution in [2.24, 2.45) is 0 Å². The molecule has 0 saturated carbocycles. The number of hydrogen-bond acceptors (Lipinski definition) is 14. The van der Waals surface area contributed by atoms with Crippen molar-refractivity contribution in [1.29, 1.82) is 0 Å². The molecule has 2 amide bonds.